The molecule has 1 fully saturated rings. The van der Waals surface area contributed by atoms with Crippen molar-refractivity contribution in [1.82, 2.24) is 25.4 Å². The maximum absolute atomic E-state index is 4.66. The van der Waals surface area contributed by atoms with Gasteiger partial charge in [-0.15, -0.1) is 16.8 Å². The van der Waals surface area contributed by atoms with E-state index in [1.807, 2.05) is 24.6 Å². The van der Waals surface area contributed by atoms with Gasteiger partial charge in [-0.1, -0.05) is 25.8 Å². The summed E-state index contributed by atoms with van der Waals surface area (Å²) in [5.41, 5.74) is 0.429. The Morgan fingerprint density at radius 2 is 2.09 bits per heavy atom. The van der Waals surface area contributed by atoms with Crippen molar-refractivity contribution in [2.75, 3.05) is 13.1 Å². The van der Waals surface area contributed by atoms with E-state index in [1.54, 1.807) is 0 Å². The summed E-state index contributed by atoms with van der Waals surface area (Å²) in [6, 6.07) is 0. The van der Waals surface area contributed by atoms with Crippen LogP contribution < -0.4 is 10.6 Å². The van der Waals surface area contributed by atoms with Gasteiger partial charge in [0.15, 0.2) is 11.8 Å². The molecule has 1 aliphatic carbocycles. The number of nitrogens with one attached hydrogen (secondary N) is 2. The molecule has 0 bridgehead atoms. The Morgan fingerprint density at radius 3 is 2.65 bits per heavy atom. The molecule has 1 aliphatic rings. The zero-order valence-electron chi connectivity index (χ0n) is 14.7. The highest BCUT2D eigenvalue weighted by molar-refractivity contribution is 5.79. The molecule has 6 nitrogen and oxygen atoms in total. The maximum atomic E-state index is 4.66. The van der Waals surface area contributed by atoms with Crippen LogP contribution in [-0.2, 0) is 13.6 Å². The average Bonchev–Trinajstić information content (AvgIpc) is 3.16. The van der Waals surface area contributed by atoms with Crippen LogP contribution in [0.2, 0.25) is 0 Å². The van der Waals surface area contributed by atoms with Gasteiger partial charge >= 0.3 is 0 Å². The molecule has 2 N–H and O–H groups in total. The largest absolute Gasteiger partial charge is 0.356 e. The first-order valence-electron chi connectivity index (χ1n) is 8.58. The van der Waals surface area contributed by atoms with Crippen molar-refractivity contribution >= 4 is 5.96 Å². The topological polar surface area (TPSA) is 67.1 Å². The van der Waals surface area contributed by atoms with Gasteiger partial charge in [-0.2, -0.15) is 0 Å². The third kappa shape index (κ3) is 4.56. The normalized spacial score (nSPS) is 17.3. The van der Waals surface area contributed by atoms with Gasteiger partial charge in [0.25, 0.3) is 0 Å². The molecule has 0 aromatic carbocycles. The Balaban J connectivity index is 1.99. The minimum atomic E-state index is 0.429. The third-order valence-electron chi connectivity index (χ3n) is 5.02. The van der Waals surface area contributed by atoms with Crippen molar-refractivity contribution in [3.05, 3.63) is 24.3 Å². The van der Waals surface area contributed by atoms with Gasteiger partial charge in [0.2, 0.25) is 0 Å². The molecule has 0 aliphatic heterocycles. The van der Waals surface area contributed by atoms with Crippen molar-refractivity contribution in [2.24, 2.45) is 17.5 Å². The van der Waals surface area contributed by atoms with E-state index in [2.05, 4.69) is 39.3 Å². The highest BCUT2D eigenvalue weighted by atomic mass is 15.3. The summed E-state index contributed by atoms with van der Waals surface area (Å²) >= 11 is 0. The van der Waals surface area contributed by atoms with Crippen LogP contribution in [0.25, 0.3) is 0 Å². The predicted octanol–water partition coefficient (Wildman–Crippen LogP) is 2.32. The molecular formula is C17H30N6. The molecule has 1 saturated carbocycles. The molecule has 6 heteroatoms. The number of aliphatic imine (C=N–C) groups is 1. The molecule has 1 aromatic rings. The van der Waals surface area contributed by atoms with E-state index in [0.29, 0.717) is 18.5 Å². The van der Waals surface area contributed by atoms with E-state index in [0.717, 1.165) is 24.2 Å². The van der Waals surface area contributed by atoms with Gasteiger partial charge in [0.05, 0.1) is 0 Å². The summed E-state index contributed by atoms with van der Waals surface area (Å²) < 4.78 is 1.97. The second-order valence-electron chi connectivity index (χ2n) is 6.47. The van der Waals surface area contributed by atoms with Gasteiger partial charge < -0.3 is 15.2 Å². The van der Waals surface area contributed by atoms with Crippen molar-refractivity contribution in [3.8, 4) is 0 Å². The predicted molar refractivity (Wildman–Crippen MR) is 94.3 cm³/mol. The first-order chi connectivity index (χ1) is 11.1. The lowest BCUT2D eigenvalue weighted by atomic mass is 9.83. The molecule has 0 spiro atoms. The molecule has 1 aromatic heterocycles. The standard InChI is InChI=1S/C17H30N6/c1-5-11-18-16(19-12-15-22-21-14(3)23(15)4)20-13-17(6-2)9-7-8-10-17/h5H,1,6-13H2,2-4H3,(H2,18,19,20). The average molecular weight is 318 g/mol. The van der Waals surface area contributed by atoms with Crippen LogP contribution in [-0.4, -0.2) is 33.8 Å². The number of guanidine groups is 1. The van der Waals surface area contributed by atoms with Crippen LogP contribution >= 0.6 is 0 Å². The fourth-order valence-corrected chi connectivity index (χ4v) is 3.13. The minimum Gasteiger partial charge on any atom is -0.356 e. The molecule has 0 amide bonds. The molecule has 1 heterocycles. The number of aryl methyl sites for hydroxylation is 1. The van der Waals surface area contributed by atoms with Gasteiger partial charge in [-0.05, 0) is 31.6 Å². The van der Waals surface area contributed by atoms with Gasteiger partial charge in [-0.3, -0.25) is 0 Å². The highest BCUT2D eigenvalue weighted by Crippen LogP contribution is 2.40. The number of rotatable bonds is 7. The number of nitrogens with zero attached hydrogens (tertiary/aromatic N) is 4. The summed E-state index contributed by atoms with van der Waals surface area (Å²) in [4.78, 5) is 4.66. The lowest BCUT2D eigenvalue weighted by molar-refractivity contribution is 0.283. The van der Waals surface area contributed by atoms with Crippen molar-refractivity contribution in [3.63, 3.8) is 0 Å². The fourth-order valence-electron chi connectivity index (χ4n) is 3.13. The molecule has 128 valence electrons. The Morgan fingerprint density at radius 1 is 1.35 bits per heavy atom. The summed E-state index contributed by atoms with van der Waals surface area (Å²) in [6.45, 7) is 10.2. The summed E-state index contributed by atoms with van der Waals surface area (Å²) in [5.74, 6) is 2.60. The number of hydrogen-bond donors (Lipinski definition) is 2. The van der Waals surface area contributed by atoms with Gasteiger partial charge in [0, 0.05) is 20.1 Å². The van der Waals surface area contributed by atoms with Crippen LogP contribution in [0.5, 0.6) is 0 Å². The molecular weight excluding hydrogens is 288 g/mol. The maximum Gasteiger partial charge on any atom is 0.191 e. The Labute approximate surface area is 139 Å². The Hall–Kier alpha value is -1.85. The molecule has 0 saturated heterocycles. The van der Waals surface area contributed by atoms with Crippen LogP contribution in [0.15, 0.2) is 17.6 Å². The van der Waals surface area contributed by atoms with Crippen LogP contribution in [0, 0.1) is 12.3 Å². The first-order valence-corrected chi connectivity index (χ1v) is 8.58. The molecule has 0 unspecified atom stereocenters. The van der Waals surface area contributed by atoms with E-state index >= 15 is 0 Å². The number of hydrogen-bond acceptors (Lipinski definition) is 3. The smallest absolute Gasteiger partial charge is 0.191 e. The van der Waals surface area contributed by atoms with Crippen molar-refractivity contribution < 1.29 is 0 Å². The highest BCUT2D eigenvalue weighted by Gasteiger charge is 2.31. The second kappa shape index (κ2) is 8.13. The summed E-state index contributed by atoms with van der Waals surface area (Å²) in [5, 5.41) is 15.1. The van der Waals surface area contributed by atoms with E-state index < -0.39 is 0 Å². The second-order valence-corrected chi connectivity index (χ2v) is 6.47. The van der Waals surface area contributed by atoms with Crippen molar-refractivity contribution in [2.45, 2.75) is 52.5 Å². The van der Waals surface area contributed by atoms with Gasteiger partial charge in [-0.25, -0.2) is 4.99 Å². The first kappa shape index (κ1) is 17.5. The summed E-state index contributed by atoms with van der Waals surface area (Å²) in [6.07, 6.45) is 8.38. The SMILES string of the molecule is C=CCNC(=NCc1nnc(C)n1C)NCC1(CC)CCCC1. The molecule has 0 radical (unpaired) electrons. The van der Waals surface area contributed by atoms with Crippen LogP contribution in [0.3, 0.4) is 0 Å². The van der Waals surface area contributed by atoms with E-state index in [9.17, 15) is 0 Å². The number of aromatic nitrogens is 3. The zero-order valence-corrected chi connectivity index (χ0v) is 14.7. The van der Waals surface area contributed by atoms with Gasteiger partial charge in [0.1, 0.15) is 12.4 Å². The third-order valence-corrected chi connectivity index (χ3v) is 5.02. The van der Waals surface area contributed by atoms with Crippen LogP contribution in [0.4, 0.5) is 0 Å². The summed E-state index contributed by atoms with van der Waals surface area (Å²) in [7, 11) is 1.97. The van der Waals surface area contributed by atoms with Crippen molar-refractivity contribution in [1.29, 1.82) is 0 Å². The molecule has 2 rings (SSSR count). The van der Waals surface area contributed by atoms with Crippen LogP contribution in [0.1, 0.15) is 50.7 Å². The lowest BCUT2D eigenvalue weighted by Gasteiger charge is -2.28. The molecule has 0 atom stereocenters. The van der Waals surface area contributed by atoms with E-state index in [1.165, 1.54) is 32.1 Å². The van der Waals surface area contributed by atoms with E-state index in [-0.39, 0.29) is 0 Å². The zero-order chi connectivity index (χ0) is 16.7. The minimum absolute atomic E-state index is 0.429. The Kier molecular flexibility index (Phi) is 6.19. The Bertz CT molecular complexity index is 539. The monoisotopic (exact) mass is 318 g/mol. The van der Waals surface area contributed by atoms with E-state index in [4.69, 9.17) is 0 Å². The lowest BCUT2D eigenvalue weighted by Crippen LogP contribution is -2.43. The molecule has 23 heavy (non-hydrogen) atoms. The fraction of sp³-hybridized carbons (Fsp3) is 0.706. The quantitative estimate of drug-likeness (QED) is 0.460.